The molecule has 1 atom stereocenters. The number of benzene rings is 1. The Morgan fingerprint density at radius 3 is 2.39 bits per heavy atom. The number of nitrogens with two attached hydrogens (primary N) is 1. The molecule has 2 saturated heterocycles. The van der Waals surface area contributed by atoms with Crippen molar-refractivity contribution in [3.8, 4) is 0 Å². The first-order chi connectivity index (χ1) is 10.5. The Morgan fingerprint density at radius 2 is 1.83 bits per heavy atom. The molecule has 2 fully saturated rings. The topological polar surface area (TPSA) is 46.3 Å². The molecule has 128 valence electrons. The van der Waals surface area contributed by atoms with Crippen LogP contribution in [-0.2, 0) is 0 Å². The third kappa shape index (κ3) is 4.19. The van der Waals surface area contributed by atoms with Crippen LogP contribution in [0, 0.1) is 5.41 Å². The summed E-state index contributed by atoms with van der Waals surface area (Å²) in [5.74, 6) is 2.58. The zero-order chi connectivity index (χ0) is 15.7. The summed E-state index contributed by atoms with van der Waals surface area (Å²) >= 11 is 3.98. The van der Waals surface area contributed by atoms with E-state index in [0.29, 0.717) is 4.58 Å². The zero-order valence-electron chi connectivity index (χ0n) is 13.7. The number of piperidine rings is 1. The van der Waals surface area contributed by atoms with Gasteiger partial charge in [0, 0.05) is 36.2 Å². The molecule has 0 spiro atoms. The molecule has 0 radical (unpaired) electrons. The van der Waals surface area contributed by atoms with E-state index in [4.69, 9.17) is 5.73 Å². The van der Waals surface area contributed by atoms with Crippen molar-refractivity contribution in [1.82, 2.24) is 4.90 Å². The molecular weight excluding hydrogens is 348 g/mol. The average Bonchev–Trinajstić information content (AvgIpc) is 3.04. The van der Waals surface area contributed by atoms with Crippen LogP contribution in [-0.4, -0.2) is 41.4 Å². The molecule has 0 saturated carbocycles. The van der Waals surface area contributed by atoms with Gasteiger partial charge in [0.2, 0.25) is 0 Å². The normalized spacial score (nSPS) is 24.3. The molecule has 2 N–H and O–H groups in total. The maximum absolute atomic E-state index is 12.7. The summed E-state index contributed by atoms with van der Waals surface area (Å²) in [7, 11) is 0. The number of thioether (sulfide) groups is 2. The van der Waals surface area contributed by atoms with Gasteiger partial charge in [0.15, 0.2) is 0 Å². The van der Waals surface area contributed by atoms with Gasteiger partial charge in [-0.15, -0.1) is 35.9 Å². The van der Waals surface area contributed by atoms with Crippen molar-refractivity contribution in [3.63, 3.8) is 0 Å². The number of hydrogen-bond donors (Lipinski definition) is 1. The van der Waals surface area contributed by atoms with Gasteiger partial charge in [0.05, 0.1) is 4.58 Å². The first-order valence-corrected chi connectivity index (χ1v) is 9.95. The van der Waals surface area contributed by atoms with Crippen LogP contribution in [0.3, 0.4) is 0 Å². The highest BCUT2D eigenvalue weighted by Gasteiger charge is 2.35. The van der Waals surface area contributed by atoms with Crippen molar-refractivity contribution in [3.05, 3.63) is 35.4 Å². The van der Waals surface area contributed by atoms with Crippen molar-refractivity contribution < 1.29 is 4.79 Å². The number of carbonyl (C=O) groups excluding carboxylic acids is 1. The van der Waals surface area contributed by atoms with E-state index in [9.17, 15) is 4.79 Å². The highest BCUT2D eigenvalue weighted by molar-refractivity contribution is 8.19. The van der Waals surface area contributed by atoms with Crippen LogP contribution in [0.2, 0.25) is 0 Å². The molecule has 23 heavy (non-hydrogen) atoms. The molecule has 1 unspecified atom stereocenters. The van der Waals surface area contributed by atoms with E-state index in [1.807, 2.05) is 40.6 Å². The second kappa shape index (κ2) is 7.68. The predicted octanol–water partition coefficient (Wildman–Crippen LogP) is 3.79. The second-order valence-corrected chi connectivity index (χ2v) is 9.53. The standard InChI is InChI=1S/C17H24N2OS2.ClH/c1-17(2)11-19(8-7-14(17)18)15(20)12-3-5-13(6-4-12)16-21-9-10-22-16;/h3-6,14,16H,7-11,18H2,1-2H3;1H. The third-order valence-electron chi connectivity index (χ3n) is 4.65. The van der Waals surface area contributed by atoms with E-state index >= 15 is 0 Å². The van der Waals surface area contributed by atoms with Gasteiger partial charge in [0.1, 0.15) is 0 Å². The fourth-order valence-corrected chi connectivity index (χ4v) is 5.92. The van der Waals surface area contributed by atoms with Crippen molar-refractivity contribution in [2.24, 2.45) is 11.1 Å². The molecule has 0 bridgehead atoms. The van der Waals surface area contributed by atoms with Gasteiger partial charge in [0.25, 0.3) is 5.91 Å². The fourth-order valence-electron chi connectivity index (χ4n) is 3.06. The molecule has 0 aromatic heterocycles. The summed E-state index contributed by atoms with van der Waals surface area (Å²) in [4.78, 5) is 14.7. The average molecular weight is 373 g/mol. The van der Waals surface area contributed by atoms with Crippen LogP contribution < -0.4 is 5.73 Å². The lowest BCUT2D eigenvalue weighted by molar-refractivity contribution is 0.0533. The molecule has 1 amide bonds. The highest BCUT2D eigenvalue weighted by Crippen LogP contribution is 2.45. The van der Waals surface area contributed by atoms with E-state index in [2.05, 4.69) is 26.0 Å². The summed E-state index contributed by atoms with van der Waals surface area (Å²) in [6.07, 6.45) is 0.881. The van der Waals surface area contributed by atoms with Crippen LogP contribution >= 0.6 is 35.9 Å². The lowest BCUT2D eigenvalue weighted by Gasteiger charge is -2.42. The molecule has 1 aromatic carbocycles. The van der Waals surface area contributed by atoms with Crippen LogP contribution in [0.5, 0.6) is 0 Å². The van der Waals surface area contributed by atoms with E-state index < -0.39 is 0 Å². The number of halogens is 1. The van der Waals surface area contributed by atoms with Gasteiger partial charge in [-0.3, -0.25) is 4.79 Å². The summed E-state index contributed by atoms with van der Waals surface area (Å²) in [6.45, 7) is 5.80. The first-order valence-electron chi connectivity index (χ1n) is 7.85. The monoisotopic (exact) mass is 372 g/mol. The van der Waals surface area contributed by atoms with Crippen LogP contribution in [0.15, 0.2) is 24.3 Å². The SMILES string of the molecule is CC1(C)CN(C(=O)c2ccc(C3SCCS3)cc2)CCC1N.Cl. The van der Waals surface area contributed by atoms with E-state index in [-0.39, 0.29) is 29.8 Å². The Bertz CT molecular complexity index is 544. The Morgan fingerprint density at radius 1 is 1.22 bits per heavy atom. The molecule has 2 aliphatic rings. The Hall–Kier alpha value is -0.360. The largest absolute Gasteiger partial charge is 0.338 e. The summed E-state index contributed by atoms with van der Waals surface area (Å²) in [5.41, 5.74) is 8.27. The predicted molar refractivity (Wildman–Crippen MR) is 104 cm³/mol. The number of nitrogens with zero attached hydrogens (tertiary/aromatic N) is 1. The van der Waals surface area contributed by atoms with Crippen molar-refractivity contribution in [2.75, 3.05) is 24.6 Å². The summed E-state index contributed by atoms with van der Waals surface area (Å²) in [6, 6.07) is 8.38. The van der Waals surface area contributed by atoms with Gasteiger partial charge in [-0.1, -0.05) is 26.0 Å². The molecule has 2 aliphatic heterocycles. The molecule has 6 heteroatoms. The molecule has 2 heterocycles. The van der Waals surface area contributed by atoms with Gasteiger partial charge < -0.3 is 10.6 Å². The summed E-state index contributed by atoms with van der Waals surface area (Å²) < 4.78 is 0.538. The minimum atomic E-state index is -0.00895. The number of likely N-dealkylation sites (tertiary alicyclic amines) is 1. The number of amides is 1. The van der Waals surface area contributed by atoms with Crippen molar-refractivity contribution >= 4 is 41.8 Å². The van der Waals surface area contributed by atoms with Gasteiger partial charge in [-0.25, -0.2) is 0 Å². The van der Waals surface area contributed by atoms with Crippen molar-refractivity contribution in [2.45, 2.75) is 30.9 Å². The van der Waals surface area contributed by atoms with Gasteiger partial charge in [-0.05, 0) is 29.5 Å². The zero-order valence-corrected chi connectivity index (χ0v) is 16.1. The van der Waals surface area contributed by atoms with Crippen molar-refractivity contribution in [1.29, 1.82) is 0 Å². The van der Waals surface area contributed by atoms with E-state index in [0.717, 1.165) is 25.1 Å². The molecule has 3 nitrogen and oxygen atoms in total. The van der Waals surface area contributed by atoms with Crippen LogP contribution in [0.4, 0.5) is 0 Å². The van der Waals surface area contributed by atoms with Gasteiger partial charge >= 0.3 is 0 Å². The molecule has 3 rings (SSSR count). The quantitative estimate of drug-likeness (QED) is 0.857. The molecule has 0 aliphatic carbocycles. The Balaban J connectivity index is 0.00000192. The van der Waals surface area contributed by atoms with Crippen LogP contribution in [0.25, 0.3) is 0 Å². The number of rotatable bonds is 2. The van der Waals surface area contributed by atoms with Crippen LogP contribution in [0.1, 0.15) is 40.8 Å². The van der Waals surface area contributed by atoms with E-state index in [1.54, 1.807) is 0 Å². The van der Waals surface area contributed by atoms with Gasteiger partial charge in [-0.2, -0.15) is 0 Å². The second-order valence-electron chi connectivity index (χ2n) is 6.81. The fraction of sp³-hybridized carbons (Fsp3) is 0.588. The molecule has 1 aromatic rings. The molecular formula is C17H25ClN2OS2. The lowest BCUT2D eigenvalue weighted by atomic mass is 9.79. The highest BCUT2D eigenvalue weighted by atomic mass is 35.5. The minimum Gasteiger partial charge on any atom is -0.338 e. The maximum atomic E-state index is 12.7. The summed E-state index contributed by atoms with van der Waals surface area (Å²) in [5, 5.41) is 0. The first kappa shape index (κ1) is 19.0. The number of carbonyl (C=O) groups is 1. The smallest absolute Gasteiger partial charge is 0.253 e. The Labute approximate surface area is 153 Å². The lowest BCUT2D eigenvalue weighted by Crippen LogP contribution is -2.53. The van der Waals surface area contributed by atoms with E-state index in [1.165, 1.54) is 17.1 Å². The maximum Gasteiger partial charge on any atom is 0.253 e. The number of hydrogen-bond acceptors (Lipinski definition) is 4. The minimum absolute atomic E-state index is 0. The third-order valence-corrected chi connectivity index (χ3v) is 7.76. The Kier molecular flexibility index (Phi) is 6.34.